The summed E-state index contributed by atoms with van der Waals surface area (Å²) in [4.78, 5) is 17.3. The average molecular weight is 407 g/mol. The minimum Gasteiger partial charge on any atom is -0.468 e. The number of piperazine rings is 1. The Morgan fingerprint density at radius 1 is 1.11 bits per heavy atom. The molecule has 28 heavy (non-hydrogen) atoms. The van der Waals surface area contributed by atoms with Crippen molar-refractivity contribution in [2.24, 2.45) is 0 Å². The Hall–Kier alpha value is -1.21. The van der Waals surface area contributed by atoms with E-state index in [2.05, 4.69) is 67.9 Å². The molecule has 6 heteroatoms. The molecule has 1 saturated heterocycles. The summed E-state index contributed by atoms with van der Waals surface area (Å²) in [7, 11) is -0.490. The normalized spacial score (nSPS) is 19.2. The van der Waals surface area contributed by atoms with Crippen molar-refractivity contribution in [3.63, 3.8) is 0 Å². The van der Waals surface area contributed by atoms with E-state index < -0.39 is 8.32 Å². The zero-order valence-electron chi connectivity index (χ0n) is 18.7. The van der Waals surface area contributed by atoms with E-state index in [-0.39, 0.29) is 23.2 Å². The van der Waals surface area contributed by atoms with Gasteiger partial charge in [0.15, 0.2) is 8.32 Å². The first kappa shape index (κ1) is 23.1. The van der Waals surface area contributed by atoms with Gasteiger partial charge in [0.05, 0.1) is 13.2 Å². The maximum atomic E-state index is 12.6. The predicted octanol–water partition coefficient (Wildman–Crippen LogP) is 3.76. The molecule has 158 valence electrons. The Labute approximate surface area is 172 Å². The summed E-state index contributed by atoms with van der Waals surface area (Å²) in [5.74, 6) is -0.192. The standard InChI is InChI=1S/C22H38N2O3Si/c1-18(27-28(6,7)22(2,3)4)20(21(25)26-5)24-15-13-23(14-16-24)17-19-11-9-8-10-12-19/h8-12,18,20H,13-17H2,1-7H3/t18-,20+/m1/s1. The summed E-state index contributed by atoms with van der Waals surface area (Å²) in [6, 6.07) is 10.2. The maximum absolute atomic E-state index is 12.6. The molecule has 1 aromatic carbocycles. The van der Waals surface area contributed by atoms with Crippen LogP contribution in [0.4, 0.5) is 0 Å². The summed E-state index contributed by atoms with van der Waals surface area (Å²) in [6.07, 6.45) is -0.186. The van der Waals surface area contributed by atoms with Crippen molar-refractivity contribution in [3.05, 3.63) is 35.9 Å². The van der Waals surface area contributed by atoms with E-state index in [0.717, 1.165) is 32.7 Å². The maximum Gasteiger partial charge on any atom is 0.325 e. The molecule has 0 radical (unpaired) electrons. The number of hydrogen-bond donors (Lipinski definition) is 0. The van der Waals surface area contributed by atoms with Crippen molar-refractivity contribution in [1.29, 1.82) is 0 Å². The third-order valence-electron chi connectivity index (χ3n) is 6.22. The van der Waals surface area contributed by atoms with Crippen LogP contribution in [0.5, 0.6) is 0 Å². The topological polar surface area (TPSA) is 42.0 Å². The van der Waals surface area contributed by atoms with Gasteiger partial charge < -0.3 is 9.16 Å². The molecule has 0 bridgehead atoms. The first-order chi connectivity index (χ1) is 13.0. The van der Waals surface area contributed by atoms with Crippen molar-refractivity contribution >= 4 is 14.3 Å². The number of rotatable bonds is 7. The highest BCUT2D eigenvalue weighted by Crippen LogP contribution is 2.38. The van der Waals surface area contributed by atoms with Crippen LogP contribution in [0, 0.1) is 0 Å². The lowest BCUT2D eigenvalue weighted by Gasteiger charge is -2.44. The van der Waals surface area contributed by atoms with Crippen molar-refractivity contribution < 1.29 is 14.0 Å². The Morgan fingerprint density at radius 3 is 2.18 bits per heavy atom. The fraction of sp³-hybridized carbons (Fsp3) is 0.682. The van der Waals surface area contributed by atoms with Gasteiger partial charge in [-0.1, -0.05) is 51.1 Å². The first-order valence-electron chi connectivity index (χ1n) is 10.3. The van der Waals surface area contributed by atoms with Crippen molar-refractivity contribution in [2.45, 2.75) is 64.5 Å². The van der Waals surface area contributed by atoms with Crippen molar-refractivity contribution in [2.75, 3.05) is 33.3 Å². The van der Waals surface area contributed by atoms with Crippen LogP contribution in [-0.4, -0.2) is 69.5 Å². The smallest absolute Gasteiger partial charge is 0.325 e. The number of esters is 1. The van der Waals surface area contributed by atoms with Gasteiger partial charge in [-0.2, -0.15) is 0 Å². The van der Waals surface area contributed by atoms with E-state index >= 15 is 0 Å². The third kappa shape index (κ3) is 5.89. The van der Waals surface area contributed by atoms with Crippen LogP contribution in [0.2, 0.25) is 18.1 Å². The summed E-state index contributed by atoms with van der Waals surface area (Å²) >= 11 is 0. The van der Waals surface area contributed by atoms with Crippen LogP contribution in [0.15, 0.2) is 30.3 Å². The zero-order chi connectivity index (χ0) is 20.9. The number of ether oxygens (including phenoxy) is 1. The number of carbonyl (C=O) groups excluding carboxylic acids is 1. The Bertz CT molecular complexity index is 622. The second-order valence-electron chi connectivity index (χ2n) is 9.35. The Morgan fingerprint density at radius 2 is 1.68 bits per heavy atom. The molecule has 0 spiro atoms. The molecule has 2 atom stereocenters. The van der Waals surface area contributed by atoms with Crippen LogP contribution in [0.3, 0.4) is 0 Å². The highest BCUT2D eigenvalue weighted by atomic mass is 28.4. The number of hydrogen-bond acceptors (Lipinski definition) is 5. The van der Waals surface area contributed by atoms with E-state index in [4.69, 9.17) is 9.16 Å². The molecule has 0 N–H and O–H groups in total. The fourth-order valence-electron chi connectivity index (χ4n) is 3.51. The number of nitrogens with zero attached hydrogens (tertiary/aromatic N) is 2. The van der Waals surface area contributed by atoms with Crippen LogP contribution in [0.1, 0.15) is 33.3 Å². The minimum atomic E-state index is -1.96. The third-order valence-corrected chi connectivity index (χ3v) is 10.8. The predicted molar refractivity (Wildman–Crippen MR) is 117 cm³/mol. The van der Waals surface area contributed by atoms with Gasteiger partial charge in [0.1, 0.15) is 6.04 Å². The second-order valence-corrected chi connectivity index (χ2v) is 14.1. The molecule has 1 heterocycles. The van der Waals surface area contributed by atoms with Gasteiger partial charge >= 0.3 is 5.97 Å². The number of benzene rings is 1. The molecule has 1 aromatic rings. The van der Waals surface area contributed by atoms with Crippen LogP contribution in [-0.2, 0) is 20.5 Å². The second kappa shape index (κ2) is 9.52. The molecule has 0 unspecified atom stereocenters. The number of methoxy groups -OCH3 is 1. The van der Waals surface area contributed by atoms with Gasteiger partial charge in [-0.05, 0) is 30.6 Å². The van der Waals surface area contributed by atoms with Gasteiger partial charge in [0.2, 0.25) is 0 Å². The summed E-state index contributed by atoms with van der Waals surface area (Å²) in [5.41, 5.74) is 1.33. The van der Waals surface area contributed by atoms with Gasteiger partial charge in [-0.25, -0.2) is 0 Å². The van der Waals surface area contributed by atoms with Gasteiger partial charge in [-0.15, -0.1) is 0 Å². The van der Waals surface area contributed by atoms with E-state index in [1.807, 2.05) is 13.0 Å². The van der Waals surface area contributed by atoms with E-state index in [1.54, 1.807) is 0 Å². The molecule has 0 amide bonds. The summed E-state index contributed by atoms with van der Waals surface area (Å²) < 4.78 is 11.7. The fourth-order valence-corrected chi connectivity index (χ4v) is 4.92. The van der Waals surface area contributed by atoms with Crippen molar-refractivity contribution in [1.82, 2.24) is 9.80 Å². The Kier molecular flexibility index (Phi) is 7.85. The van der Waals surface area contributed by atoms with Crippen molar-refractivity contribution in [3.8, 4) is 0 Å². The molecule has 0 saturated carbocycles. The molecule has 0 aliphatic carbocycles. The van der Waals surface area contributed by atoms with Gasteiger partial charge in [-0.3, -0.25) is 14.6 Å². The monoisotopic (exact) mass is 406 g/mol. The minimum absolute atomic E-state index is 0.107. The van der Waals surface area contributed by atoms with Crippen LogP contribution >= 0.6 is 0 Å². The molecule has 5 nitrogen and oxygen atoms in total. The van der Waals surface area contributed by atoms with E-state index in [9.17, 15) is 4.79 Å². The Balaban J connectivity index is 2.01. The highest BCUT2D eigenvalue weighted by molar-refractivity contribution is 6.74. The molecule has 1 aliphatic rings. The molecule has 2 rings (SSSR count). The quantitative estimate of drug-likeness (QED) is 0.509. The lowest BCUT2D eigenvalue weighted by molar-refractivity contribution is -0.151. The summed E-state index contributed by atoms with van der Waals surface area (Å²) in [5, 5.41) is 0.107. The molecular formula is C22H38N2O3Si. The summed E-state index contributed by atoms with van der Waals surface area (Å²) in [6.45, 7) is 17.7. The van der Waals surface area contributed by atoms with E-state index in [0.29, 0.717) is 0 Å². The van der Waals surface area contributed by atoms with Gasteiger partial charge in [0, 0.05) is 32.7 Å². The lowest BCUT2D eigenvalue weighted by Crippen LogP contribution is -2.58. The van der Waals surface area contributed by atoms with Crippen LogP contribution < -0.4 is 0 Å². The van der Waals surface area contributed by atoms with E-state index in [1.165, 1.54) is 12.7 Å². The lowest BCUT2D eigenvalue weighted by atomic mass is 10.1. The highest BCUT2D eigenvalue weighted by Gasteiger charge is 2.43. The SMILES string of the molecule is COC(=O)[C@H]([C@@H](C)O[Si](C)(C)C(C)(C)C)N1CCN(Cc2ccccc2)CC1. The zero-order valence-corrected chi connectivity index (χ0v) is 19.7. The molecule has 0 aromatic heterocycles. The molecular weight excluding hydrogens is 368 g/mol. The van der Waals surface area contributed by atoms with Gasteiger partial charge in [0.25, 0.3) is 0 Å². The van der Waals surface area contributed by atoms with Crippen LogP contribution in [0.25, 0.3) is 0 Å². The first-order valence-corrected chi connectivity index (χ1v) is 13.2. The molecule has 1 aliphatic heterocycles. The average Bonchev–Trinajstić information content (AvgIpc) is 2.62. The largest absolute Gasteiger partial charge is 0.468 e. The number of carbonyl (C=O) groups is 1. The molecule has 1 fully saturated rings.